The van der Waals surface area contributed by atoms with E-state index in [1.165, 1.54) is 10.4 Å². The molecule has 3 heterocycles. The Balaban J connectivity index is 1.59. The number of benzene rings is 1. The summed E-state index contributed by atoms with van der Waals surface area (Å²) < 4.78 is 0. The third-order valence-corrected chi connectivity index (χ3v) is 6.85. The second-order valence-corrected chi connectivity index (χ2v) is 9.35. The molecule has 0 unspecified atom stereocenters. The summed E-state index contributed by atoms with van der Waals surface area (Å²) in [6, 6.07) is 16.2. The number of hydrogen-bond acceptors (Lipinski definition) is 4. The molecule has 6 heteroatoms. The highest BCUT2D eigenvalue weighted by atomic mass is 32.1. The minimum absolute atomic E-state index is 0.0585. The molecular weight excluding hydrogens is 406 g/mol. The number of nitrogens with zero attached hydrogens (tertiary/aromatic N) is 3. The van der Waals surface area contributed by atoms with Gasteiger partial charge in [0.05, 0.1) is 11.0 Å². The molecule has 1 atom stereocenters. The average Bonchev–Trinajstić information content (AvgIpc) is 3.34. The third kappa shape index (κ3) is 4.54. The number of carbonyl (C=O) groups is 2. The van der Waals surface area contributed by atoms with Gasteiger partial charge in [0.15, 0.2) is 0 Å². The van der Waals surface area contributed by atoms with Crippen LogP contribution >= 0.6 is 11.3 Å². The Morgan fingerprint density at radius 1 is 1.13 bits per heavy atom. The van der Waals surface area contributed by atoms with Crippen LogP contribution in [0.3, 0.4) is 0 Å². The van der Waals surface area contributed by atoms with Crippen molar-refractivity contribution in [3.8, 4) is 10.4 Å². The van der Waals surface area contributed by atoms with Gasteiger partial charge < -0.3 is 9.80 Å². The van der Waals surface area contributed by atoms with Gasteiger partial charge in [-0.15, -0.1) is 11.3 Å². The summed E-state index contributed by atoms with van der Waals surface area (Å²) in [5, 5.41) is 2.07. The zero-order valence-electron chi connectivity index (χ0n) is 18.0. The Kier molecular flexibility index (Phi) is 6.18. The summed E-state index contributed by atoms with van der Waals surface area (Å²) in [5.41, 5.74) is 2.25. The van der Waals surface area contributed by atoms with Crippen LogP contribution in [0.15, 0.2) is 66.3 Å². The Morgan fingerprint density at radius 3 is 2.58 bits per heavy atom. The van der Waals surface area contributed by atoms with E-state index in [9.17, 15) is 9.59 Å². The van der Waals surface area contributed by atoms with Crippen molar-refractivity contribution in [2.24, 2.45) is 5.41 Å². The van der Waals surface area contributed by atoms with E-state index in [1.807, 2.05) is 4.90 Å². The first-order valence-electron chi connectivity index (χ1n) is 10.5. The van der Waals surface area contributed by atoms with Crippen LogP contribution in [0.25, 0.3) is 10.4 Å². The van der Waals surface area contributed by atoms with Gasteiger partial charge in [0, 0.05) is 44.5 Å². The van der Waals surface area contributed by atoms with Crippen molar-refractivity contribution in [3.05, 3.63) is 77.4 Å². The summed E-state index contributed by atoms with van der Waals surface area (Å²) in [7, 11) is 3.59. The van der Waals surface area contributed by atoms with Crippen molar-refractivity contribution < 1.29 is 9.59 Å². The number of carbonyl (C=O) groups excluding carboxylic acids is 2. The number of hydrogen-bond donors (Lipinski definition) is 0. The number of thiophene rings is 1. The van der Waals surface area contributed by atoms with Crippen molar-refractivity contribution in [1.29, 1.82) is 0 Å². The fraction of sp³-hybridized carbons (Fsp3) is 0.320. The zero-order valence-corrected chi connectivity index (χ0v) is 18.8. The topological polar surface area (TPSA) is 53.5 Å². The minimum atomic E-state index is -0.621. The number of pyridine rings is 1. The first-order chi connectivity index (χ1) is 15.0. The van der Waals surface area contributed by atoms with Crippen LogP contribution in [0.5, 0.6) is 0 Å². The Bertz CT molecular complexity index is 1030. The predicted molar refractivity (Wildman–Crippen MR) is 124 cm³/mol. The zero-order chi connectivity index (χ0) is 21.8. The molecule has 2 aromatic heterocycles. The van der Waals surface area contributed by atoms with Crippen LogP contribution in [0.4, 0.5) is 0 Å². The second kappa shape index (κ2) is 9.02. The fourth-order valence-electron chi connectivity index (χ4n) is 4.47. The van der Waals surface area contributed by atoms with Gasteiger partial charge in [-0.05, 0) is 54.0 Å². The van der Waals surface area contributed by atoms with Crippen molar-refractivity contribution in [3.63, 3.8) is 0 Å². The molecule has 1 aliphatic rings. The molecule has 0 saturated carbocycles. The van der Waals surface area contributed by atoms with E-state index in [4.69, 9.17) is 0 Å². The van der Waals surface area contributed by atoms with Gasteiger partial charge in [0.1, 0.15) is 0 Å². The Labute approximate surface area is 187 Å². The van der Waals surface area contributed by atoms with Crippen LogP contribution in [0, 0.1) is 5.41 Å². The van der Waals surface area contributed by atoms with E-state index in [0.717, 1.165) is 18.4 Å². The van der Waals surface area contributed by atoms with Gasteiger partial charge in [-0.25, -0.2) is 0 Å². The number of aromatic nitrogens is 1. The lowest BCUT2D eigenvalue weighted by Crippen LogP contribution is -2.54. The molecule has 0 radical (unpaired) electrons. The lowest BCUT2D eigenvalue weighted by Gasteiger charge is -2.43. The SMILES string of the molecule is CN(C)C(=O)[C@]1(Cc2ccc(-c3cccs3)cc2)CCCN(C(=O)c2cccnc2)C1. The maximum absolute atomic E-state index is 13.4. The van der Waals surface area contributed by atoms with Gasteiger partial charge >= 0.3 is 0 Å². The molecule has 1 aliphatic heterocycles. The first kappa shape index (κ1) is 21.2. The molecule has 3 aromatic rings. The standard InChI is InChI=1S/C25H27N3O2S/c1-27(2)24(30)25(16-19-8-10-20(11-9-19)22-7-4-15-31-22)12-5-14-28(18-25)23(29)21-6-3-13-26-17-21/h3-4,6-11,13,15,17H,5,12,14,16,18H2,1-2H3/t25-/m0/s1. The molecule has 2 amide bonds. The van der Waals surface area contributed by atoms with E-state index in [-0.39, 0.29) is 11.8 Å². The molecular formula is C25H27N3O2S. The molecule has 0 bridgehead atoms. The van der Waals surface area contributed by atoms with E-state index < -0.39 is 5.41 Å². The molecule has 1 fully saturated rings. The number of likely N-dealkylation sites (tertiary alicyclic amines) is 1. The maximum atomic E-state index is 13.4. The predicted octanol–water partition coefficient (Wildman–Crippen LogP) is 4.36. The Morgan fingerprint density at radius 2 is 1.94 bits per heavy atom. The molecule has 0 spiro atoms. The molecule has 0 N–H and O–H groups in total. The number of piperidine rings is 1. The average molecular weight is 434 g/mol. The highest BCUT2D eigenvalue weighted by Gasteiger charge is 2.44. The van der Waals surface area contributed by atoms with Crippen LogP contribution in [0.2, 0.25) is 0 Å². The fourth-order valence-corrected chi connectivity index (χ4v) is 5.20. The molecule has 160 valence electrons. The van der Waals surface area contributed by atoms with Crippen molar-refractivity contribution in [1.82, 2.24) is 14.8 Å². The molecule has 5 nitrogen and oxygen atoms in total. The summed E-state index contributed by atoms with van der Waals surface area (Å²) in [6.45, 7) is 1.08. The molecule has 1 aromatic carbocycles. The quantitative estimate of drug-likeness (QED) is 0.601. The van der Waals surface area contributed by atoms with Crippen molar-refractivity contribution in [2.75, 3.05) is 27.2 Å². The summed E-state index contributed by atoms with van der Waals surface area (Å²) in [6.07, 6.45) is 5.44. The van der Waals surface area contributed by atoms with E-state index >= 15 is 0 Å². The van der Waals surface area contributed by atoms with E-state index in [1.54, 1.807) is 54.9 Å². The second-order valence-electron chi connectivity index (χ2n) is 8.40. The first-order valence-corrected chi connectivity index (χ1v) is 11.4. The molecule has 0 aliphatic carbocycles. The number of amides is 2. The maximum Gasteiger partial charge on any atom is 0.255 e. The van der Waals surface area contributed by atoms with Gasteiger partial charge in [0.25, 0.3) is 5.91 Å². The molecule has 31 heavy (non-hydrogen) atoms. The number of rotatable bonds is 5. The summed E-state index contributed by atoms with van der Waals surface area (Å²) >= 11 is 1.72. The van der Waals surface area contributed by atoms with Gasteiger partial charge in [-0.2, -0.15) is 0 Å². The Hall–Kier alpha value is -2.99. The monoisotopic (exact) mass is 433 g/mol. The molecule has 4 rings (SSSR count). The van der Waals surface area contributed by atoms with Crippen LogP contribution in [-0.4, -0.2) is 53.8 Å². The van der Waals surface area contributed by atoms with Gasteiger partial charge in [-0.3, -0.25) is 14.6 Å². The van der Waals surface area contributed by atoms with Crippen LogP contribution < -0.4 is 0 Å². The highest BCUT2D eigenvalue weighted by Crippen LogP contribution is 2.36. The lowest BCUT2D eigenvalue weighted by molar-refractivity contribution is -0.142. The largest absolute Gasteiger partial charge is 0.348 e. The minimum Gasteiger partial charge on any atom is -0.348 e. The summed E-state index contributed by atoms with van der Waals surface area (Å²) in [4.78, 5) is 35.2. The smallest absolute Gasteiger partial charge is 0.255 e. The normalized spacial score (nSPS) is 18.6. The highest BCUT2D eigenvalue weighted by molar-refractivity contribution is 7.13. The van der Waals surface area contributed by atoms with Crippen LogP contribution in [0.1, 0.15) is 28.8 Å². The van der Waals surface area contributed by atoms with Crippen molar-refractivity contribution in [2.45, 2.75) is 19.3 Å². The summed E-state index contributed by atoms with van der Waals surface area (Å²) in [5.74, 6) is 0.0234. The van der Waals surface area contributed by atoms with Crippen molar-refractivity contribution >= 4 is 23.2 Å². The van der Waals surface area contributed by atoms with E-state index in [2.05, 4.69) is 46.8 Å². The molecule has 1 saturated heterocycles. The van der Waals surface area contributed by atoms with Crippen LogP contribution in [-0.2, 0) is 11.2 Å². The lowest BCUT2D eigenvalue weighted by atomic mass is 9.73. The van der Waals surface area contributed by atoms with Gasteiger partial charge in [0.2, 0.25) is 5.91 Å². The van der Waals surface area contributed by atoms with E-state index in [0.29, 0.717) is 25.1 Å². The third-order valence-electron chi connectivity index (χ3n) is 5.93. The van der Waals surface area contributed by atoms with Gasteiger partial charge in [-0.1, -0.05) is 30.3 Å².